The summed E-state index contributed by atoms with van der Waals surface area (Å²) in [5, 5.41) is 8.95. The van der Waals surface area contributed by atoms with Crippen LogP contribution < -0.4 is 0 Å². The van der Waals surface area contributed by atoms with E-state index in [4.69, 9.17) is 14.6 Å². The lowest BCUT2D eigenvalue weighted by Crippen LogP contribution is -2.27. The van der Waals surface area contributed by atoms with Crippen LogP contribution in [-0.4, -0.2) is 30.2 Å². The van der Waals surface area contributed by atoms with Crippen molar-refractivity contribution in [3.8, 4) is 0 Å². The van der Waals surface area contributed by atoms with Gasteiger partial charge in [0.15, 0.2) is 5.79 Å². The maximum atomic E-state index is 8.95. The highest BCUT2D eigenvalue weighted by Crippen LogP contribution is 2.26. The Morgan fingerprint density at radius 2 is 2.42 bits per heavy atom. The van der Waals surface area contributed by atoms with Gasteiger partial charge in [-0.1, -0.05) is 6.08 Å². The summed E-state index contributed by atoms with van der Waals surface area (Å²) < 4.78 is 10.9. The lowest BCUT2D eigenvalue weighted by Gasteiger charge is -2.20. The van der Waals surface area contributed by atoms with Gasteiger partial charge in [-0.15, -0.1) is 6.58 Å². The summed E-state index contributed by atoms with van der Waals surface area (Å²) >= 11 is 0. The van der Waals surface area contributed by atoms with Gasteiger partial charge >= 0.3 is 0 Å². The van der Waals surface area contributed by atoms with Crippen LogP contribution >= 0.6 is 0 Å². The third kappa shape index (κ3) is 2.06. The zero-order valence-corrected chi connectivity index (χ0v) is 7.62. The molecule has 3 heteroatoms. The maximum Gasteiger partial charge on any atom is 0.163 e. The molecule has 0 amide bonds. The smallest absolute Gasteiger partial charge is 0.163 e. The maximum absolute atomic E-state index is 8.95. The molecule has 0 aliphatic carbocycles. The summed E-state index contributed by atoms with van der Waals surface area (Å²) in [7, 11) is 0. The average Bonchev–Trinajstić information content (AvgIpc) is 2.34. The number of hydrogen-bond donors (Lipinski definition) is 1. The van der Waals surface area contributed by atoms with Gasteiger partial charge in [0.05, 0.1) is 19.3 Å². The Labute approximate surface area is 73.0 Å². The SMILES string of the molecule is C=CC(CO)C1COC(C)(C)O1. The number of ether oxygens (including phenoxy) is 2. The molecule has 1 aliphatic heterocycles. The highest BCUT2D eigenvalue weighted by atomic mass is 16.7. The summed E-state index contributed by atoms with van der Waals surface area (Å²) in [6, 6.07) is 0. The van der Waals surface area contributed by atoms with E-state index in [1.54, 1.807) is 6.08 Å². The second-order valence-corrected chi connectivity index (χ2v) is 3.45. The molecule has 1 saturated heterocycles. The second-order valence-electron chi connectivity index (χ2n) is 3.45. The minimum absolute atomic E-state index is 0.0215. The number of aliphatic hydroxyl groups excluding tert-OH is 1. The van der Waals surface area contributed by atoms with E-state index in [0.717, 1.165) is 0 Å². The van der Waals surface area contributed by atoms with E-state index < -0.39 is 5.79 Å². The van der Waals surface area contributed by atoms with E-state index >= 15 is 0 Å². The first-order valence-electron chi connectivity index (χ1n) is 4.14. The predicted octanol–water partition coefficient (Wildman–Crippen LogP) is 0.932. The van der Waals surface area contributed by atoms with E-state index in [9.17, 15) is 0 Å². The molecule has 1 N–H and O–H groups in total. The van der Waals surface area contributed by atoms with E-state index in [-0.39, 0.29) is 18.6 Å². The number of aliphatic hydroxyl groups is 1. The summed E-state index contributed by atoms with van der Waals surface area (Å²) in [5.41, 5.74) is 0. The molecule has 2 unspecified atom stereocenters. The molecule has 0 aromatic heterocycles. The molecule has 3 nitrogen and oxygen atoms in total. The largest absolute Gasteiger partial charge is 0.396 e. The molecule has 0 bridgehead atoms. The fraction of sp³-hybridized carbons (Fsp3) is 0.778. The molecule has 1 heterocycles. The van der Waals surface area contributed by atoms with Crippen molar-refractivity contribution in [3.63, 3.8) is 0 Å². The van der Waals surface area contributed by atoms with Crippen LogP contribution in [0.15, 0.2) is 12.7 Å². The summed E-state index contributed by atoms with van der Waals surface area (Å²) in [5.74, 6) is -0.534. The molecule has 0 spiro atoms. The van der Waals surface area contributed by atoms with Crippen molar-refractivity contribution in [1.29, 1.82) is 0 Å². The van der Waals surface area contributed by atoms with Gasteiger partial charge in [0.2, 0.25) is 0 Å². The third-order valence-corrected chi connectivity index (χ3v) is 2.02. The van der Waals surface area contributed by atoms with Crippen LogP contribution in [0.1, 0.15) is 13.8 Å². The van der Waals surface area contributed by atoms with Crippen LogP contribution in [0.5, 0.6) is 0 Å². The molecular weight excluding hydrogens is 156 g/mol. The standard InChI is InChI=1S/C9H16O3/c1-4-7(5-10)8-6-11-9(2,3)12-8/h4,7-8,10H,1,5-6H2,2-3H3. The molecule has 70 valence electrons. The Hall–Kier alpha value is -0.380. The van der Waals surface area contributed by atoms with Gasteiger partial charge in [0.25, 0.3) is 0 Å². The van der Waals surface area contributed by atoms with Gasteiger partial charge in [0.1, 0.15) is 0 Å². The average molecular weight is 172 g/mol. The Morgan fingerprint density at radius 1 is 1.75 bits per heavy atom. The Bertz CT molecular complexity index is 165. The second kappa shape index (κ2) is 3.56. The Kier molecular flexibility index (Phi) is 2.88. The van der Waals surface area contributed by atoms with Crippen molar-refractivity contribution >= 4 is 0 Å². The lowest BCUT2D eigenvalue weighted by atomic mass is 10.1. The van der Waals surface area contributed by atoms with Crippen molar-refractivity contribution < 1.29 is 14.6 Å². The highest BCUT2D eigenvalue weighted by molar-refractivity contribution is 4.88. The number of hydrogen-bond acceptors (Lipinski definition) is 3. The van der Waals surface area contributed by atoms with E-state index in [2.05, 4.69) is 6.58 Å². The molecule has 1 aliphatic rings. The Balaban J connectivity index is 2.50. The topological polar surface area (TPSA) is 38.7 Å². The van der Waals surface area contributed by atoms with Gasteiger partial charge in [-0.05, 0) is 13.8 Å². The normalized spacial score (nSPS) is 30.1. The molecule has 1 fully saturated rings. The number of rotatable bonds is 3. The van der Waals surface area contributed by atoms with Crippen molar-refractivity contribution in [2.45, 2.75) is 25.7 Å². The van der Waals surface area contributed by atoms with Crippen LogP contribution in [0.4, 0.5) is 0 Å². The molecule has 0 radical (unpaired) electrons. The van der Waals surface area contributed by atoms with Gasteiger partial charge in [0, 0.05) is 5.92 Å². The predicted molar refractivity (Wildman–Crippen MR) is 45.7 cm³/mol. The van der Waals surface area contributed by atoms with Gasteiger partial charge < -0.3 is 14.6 Å². The van der Waals surface area contributed by atoms with E-state index in [0.29, 0.717) is 6.61 Å². The third-order valence-electron chi connectivity index (χ3n) is 2.02. The van der Waals surface area contributed by atoms with Gasteiger partial charge in [-0.25, -0.2) is 0 Å². The lowest BCUT2D eigenvalue weighted by molar-refractivity contribution is -0.143. The summed E-state index contributed by atoms with van der Waals surface area (Å²) in [4.78, 5) is 0. The zero-order valence-electron chi connectivity index (χ0n) is 7.62. The highest BCUT2D eigenvalue weighted by Gasteiger charge is 2.35. The zero-order chi connectivity index (χ0) is 9.19. The monoisotopic (exact) mass is 172 g/mol. The van der Waals surface area contributed by atoms with E-state index in [1.807, 2.05) is 13.8 Å². The molecule has 12 heavy (non-hydrogen) atoms. The molecule has 0 saturated carbocycles. The molecule has 0 aromatic carbocycles. The van der Waals surface area contributed by atoms with Crippen LogP contribution in [0.25, 0.3) is 0 Å². The minimum atomic E-state index is -0.513. The van der Waals surface area contributed by atoms with Crippen molar-refractivity contribution in [1.82, 2.24) is 0 Å². The first-order chi connectivity index (χ1) is 5.59. The van der Waals surface area contributed by atoms with Crippen LogP contribution in [0, 0.1) is 5.92 Å². The fourth-order valence-corrected chi connectivity index (χ4v) is 1.27. The van der Waals surface area contributed by atoms with Crippen molar-refractivity contribution in [2.75, 3.05) is 13.2 Å². The first-order valence-corrected chi connectivity index (χ1v) is 4.14. The minimum Gasteiger partial charge on any atom is -0.396 e. The molecule has 1 rings (SSSR count). The van der Waals surface area contributed by atoms with Crippen molar-refractivity contribution in [3.05, 3.63) is 12.7 Å². The first kappa shape index (κ1) is 9.71. The van der Waals surface area contributed by atoms with Crippen molar-refractivity contribution in [2.24, 2.45) is 5.92 Å². The Morgan fingerprint density at radius 3 is 2.75 bits per heavy atom. The van der Waals surface area contributed by atoms with Crippen LogP contribution in [0.3, 0.4) is 0 Å². The summed E-state index contributed by atoms with van der Waals surface area (Å²) in [6.45, 7) is 7.95. The van der Waals surface area contributed by atoms with E-state index in [1.165, 1.54) is 0 Å². The molecule has 0 aromatic rings. The molecular formula is C9H16O3. The molecule has 2 atom stereocenters. The quantitative estimate of drug-likeness (QED) is 0.644. The van der Waals surface area contributed by atoms with Crippen LogP contribution in [0.2, 0.25) is 0 Å². The van der Waals surface area contributed by atoms with Crippen LogP contribution in [-0.2, 0) is 9.47 Å². The van der Waals surface area contributed by atoms with Gasteiger partial charge in [-0.3, -0.25) is 0 Å². The van der Waals surface area contributed by atoms with Gasteiger partial charge in [-0.2, -0.15) is 0 Å². The fourth-order valence-electron chi connectivity index (χ4n) is 1.27. The summed E-state index contributed by atoms with van der Waals surface area (Å²) in [6.07, 6.45) is 1.65.